The van der Waals surface area contributed by atoms with Crippen LogP contribution in [-0.2, 0) is 9.59 Å². The van der Waals surface area contributed by atoms with Crippen LogP contribution in [0.2, 0.25) is 0 Å². The van der Waals surface area contributed by atoms with E-state index in [1.807, 2.05) is 97.9 Å². The maximum absolute atomic E-state index is 13.9. The van der Waals surface area contributed by atoms with Crippen molar-refractivity contribution in [2.45, 2.75) is 24.9 Å². The summed E-state index contributed by atoms with van der Waals surface area (Å²) in [5.41, 5.74) is 5.49. The molecule has 156 valence electrons. The van der Waals surface area contributed by atoms with E-state index >= 15 is 0 Å². The maximum Gasteiger partial charge on any atom is 0.328 e. The summed E-state index contributed by atoms with van der Waals surface area (Å²) in [6.07, 6.45) is 0.417. The molecule has 2 N–H and O–H groups in total. The number of primary amides is 1. The lowest BCUT2D eigenvalue weighted by Gasteiger charge is -2.44. The van der Waals surface area contributed by atoms with E-state index in [-0.39, 0.29) is 6.42 Å². The Morgan fingerprint density at radius 3 is 1.55 bits per heavy atom. The Morgan fingerprint density at radius 1 is 0.806 bits per heavy atom. The summed E-state index contributed by atoms with van der Waals surface area (Å²) in [6.45, 7) is 1.89. The molecule has 0 saturated carbocycles. The van der Waals surface area contributed by atoms with Gasteiger partial charge in [0.25, 0.3) is 5.91 Å². The SMILES string of the molecule is C[C@]1([P+](c2ccccc2)(c2ccccc2)c2ccccc2)CCC(=O)N(C(N)=O)C1=O. The summed E-state index contributed by atoms with van der Waals surface area (Å²) in [5, 5.41) is 2.02. The van der Waals surface area contributed by atoms with Crippen molar-refractivity contribution in [3.05, 3.63) is 91.0 Å². The van der Waals surface area contributed by atoms with E-state index in [0.717, 1.165) is 15.9 Å². The Balaban J connectivity index is 2.11. The van der Waals surface area contributed by atoms with Gasteiger partial charge in [0.1, 0.15) is 23.2 Å². The number of amides is 4. The highest BCUT2D eigenvalue weighted by molar-refractivity contribution is 7.97. The molecule has 0 aromatic heterocycles. The molecule has 0 unspecified atom stereocenters. The molecule has 1 heterocycles. The van der Waals surface area contributed by atoms with Crippen LogP contribution in [0.3, 0.4) is 0 Å². The highest BCUT2D eigenvalue weighted by Crippen LogP contribution is 2.68. The average molecular weight is 431 g/mol. The lowest BCUT2D eigenvalue weighted by molar-refractivity contribution is -0.145. The predicted molar refractivity (Wildman–Crippen MR) is 124 cm³/mol. The molecular weight excluding hydrogens is 407 g/mol. The molecule has 6 heteroatoms. The molecule has 4 rings (SSSR count). The molecule has 0 spiro atoms. The van der Waals surface area contributed by atoms with Gasteiger partial charge in [-0.1, -0.05) is 54.6 Å². The Labute approximate surface area is 182 Å². The van der Waals surface area contributed by atoms with Crippen molar-refractivity contribution in [1.29, 1.82) is 0 Å². The number of nitrogens with two attached hydrogens (primary N) is 1. The third-order valence-corrected chi connectivity index (χ3v) is 11.2. The molecule has 1 aliphatic rings. The molecule has 1 saturated heterocycles. The van der Waals surface area contributed by atoms with Gasteiger partial charge in [-0.25, -0.2) is 4.79 Å². The third kappa shape index (κ3) is 3.17. The number of urea groups is 1. The number of carbonyl (C=O) groups is 3. The van der Waals surface area contributed by atoms with Crippen LogP contribution in [-0.4, -0.2) is 27.9 Å². The fraction of sp³-hybridized carbons (Fsp3) is 0.160. The molecule has 1 fully saturated rings. The van der Waals surface area contributed by atoms with E-state index in [9.17, 15) is 14.4 Å². The van der Waals surface area contributed by atoms with E-state index in [4.69, 9.17) is 5.73 Å². The van der Waals surface area contributed by atoms with Gasteiger partial charge < -0.3 is 5.73 Å². The lowest BCUT2D eigenvalue weighted by atomic mass is 9.97. The zero-order valence-electron chi connectivity index (χ0n) is 17.3. The predicted octanol–water partition coefficient (Wildman–Crippen LogP) is 2.97. The Hall–Kier alpha value is -3.30. The first-order valence-electron chi connectivity index (χ1n) is 10.2. The van der Waals surface area contributed by atoms with Gasteiger partial charge in [0.2, 0.25) is 5.91 Å². The summed E-state index contributed by atoms with van der Waals surface area (Å²) in [7, 11) is -2.65. The summed E-state index contributed by atoms with van der Waals surface area (Å²) < 4.78 is 0. The molecule has 31 heavy (non-hydrogen) atoms. The first-order chi connectivity index (χ1) is 14.9. The first-order valence-corrected chi connectivity index (χ1v) is 11.9. The molecule has 3 aromatic rings. The highest BCUT2D eigenvalue weighted by Gasteiger charge is 2.67. The van der Waals surface area contributed by atoms with E-state index in [1.165, 1.54) is 0 Å². The first kappa shape index (κ1) is 21.0. The van der Waals surface area contributed by atoms with Crippen molar-refractivity contribution in [2.75, 3.05) is 0 Å². The number of likely N-dealkylation sites (tertiary alicyclic amines) is 1. The van der Waals surface area contributed by atoms with Crippen molar-refractivity contribution >= 4 is 41.0 Å². The Kier molecular flexibility index (Phi) is 5.47. The second-order valence-electron chi connectivity index (χ2n) is 7.82. The summed E-state index contributed by atoms with van der Waals surface area (Å²) in [4.78, 5) is 39.1. The standard InChI is InChI=1S/C25H23N2O3P/c1-25(18-17-22(28)27(23(25)29)24(26)30)31(19-11-5-2-6-12-19,20-13-7-3-8-14-20)21-15-9-4-10-16-21/h2-16H,17-18H2,1H3,(H-,26,30)/p+1/t25-/m0/s1. The zero-order chi connectivity index (χ0) is 22.1. The minimum Gasteiger partial charge on any atom is -0.351 e. The Morgan fingerprint density at radius 2 is 1.19 bits per heavy atom. The maximum atomic E-state index is 13.9. The van der Waals surface area contributed by atoms with Crippen molar-refractivity contribution in [3.8, 4) is 0 Å². The van der Waals surface area contributed by atoms with Crippen LogP contribution in [0.15, 0.2) is 91.0 Å². The van der Waals surface area contributed by atoms with Gasteiger partial charge in [-0.15, -0.1) is 0 Å². The minimum absolute atomic E-state index is 0.0828. The number of carbonyl (C=O) groups excluding carboxylic acids is 3. The van der Waals surface area contributed by atoms with Crippen LogP contribution >= 0.6 is 7.26 Å². The molecule has 1 atom stereocenters. The van der Waals surface area contributed by atoms with E-state index in [0.29, 0.717) is 11.3 Å². The van der Waals surface area contributed by atoms with Gasteiger partial charge in [0, 0.05) is 12.8 Å². The van der Waals surface area contributed by atoms with Gasteiger partial charge in [-0.2, -0.15) is 4.90 Å². The molecule has 0 radical (unpaired) electrons. The van der Waals surface area contributed by atoms with Gasteiger partial charge in [-0.3, -0.25) is 9.59 Å². The number of benzene rings is 3. The van der Waals surface area contributed by atoms with Crippen LogP contribution in [0.25, 0.3) is 0 Å². The third-order valence-electron chi connectivity index (χ3n) is 6.13. The second-order valence-corrected chi connectivity index (χ2v) is 11.7. The number of hydrogen-bond acceptors (Lipinski definition) is 3. The number of imide groups is 3. The summed E-state index contributed by atoms with van der Waals surface area (Å²) in [5.74, 6) is -1.07. The lowest BCUT2D eigenvalue weighted by Crippen LogP contribution is -2.62. The van der Waals surface area contributed by atoms with Crippen molar-refractivity contribution in [3.63, 3.8) is 0 Å². The highest BCUT2D eigenvalue weighted by atomic mass is 31.2. The van der Waals surface area contributed by atoms with Gasteiger partial charge >= 0.3 is 6.03 Å². The number of hydrogen-bond donors (Lipinski definition) is 1. The topological polar surface area (TPSA) is 80.5 Å². The van der Waals surface area contributed by atoms with Crippen LogP contribution in [0.1, 0.15) is 19.8 Å². The molecular formula is C25H24N2O3P+. The van der Waals surface area contributed by atoms with E-state index in [2.05, 4.69) is 0 Å². The molecule has 4 amide bonds. The van der Waals surface area contributed by atoms with Gasteiger partial charge in [0.15, 0.2) is 5.16 Å². The summed E-state index contributed by atoms with van der Waals surface area (Å²) in [6, 6.07) is 28.8. The van der Waals surface area contributed by atoms with Crippen LogP contribution < -0.4 is 21.6 Å². The number of piperidine rings is 1. The van der Waals surface area contributed by atoms with Gasteiger partial charge in [-0.05, 0) is 43.3 Å². The van der Waals surface area contributed by atoms with Gasteiger partial charge in [0.05, 0.1) is 0 Å². The fourth-order valence-corrected chi connectivity index (χ4v) is 10.0. The number of nitrogens with zero attached hydrogens (tertiary/aromatic N) is 1. The van der Waals surface area contributed by atoms with Crippen LogP contribution in [0.5, 0.6) is 0 Å². The number of rotatable bonds is 4. The van der Waals surface area contributed by atoms with E-state index < -0.39 is 30.3 Å². The van der Waals surface area contributed by atoms with Crippen LogP contribution in [0.4, 0.5) is 4.79 Å². The molecule has 5 nitrogen and oxygen atoms in total. The molecule has 1 aliphatic heterocycles. The van der Waals surface area contributed by atoms with Crippen molar-refractivity contribution < 1.29 is 14.4 Å². The Bertz CT molecular complexity index is 1020. The average Bonchev–Trinajstić information content (AvgIpc) is 2.79. The molecule has 0 aliphatic carbocycles. The van der Waals surface area contributed by atoms with Crippen molar-refractivity contribution in [1.82, 2.24) is 4.90 Å². The smallest absolute Gasteiger partial charge is 0.328 e. The van der Waals surface area contributed by atoms with Crippen LogP contribution in [0, 0.1) is 0 Å². The zero-order valence-corrected chi connectivity index (χ0v) is 18.2. The summed E-state index contributed by atoms with van der Waals surface area (Å²) >= 11 is 0. The molecule has 0 bridgehead atoms. The quantitative estimate of drug-likeness (QED) is 0.510. The largest absolute Gasteiger partial charge is 0.351 e. The molecule has 3 aromatic carbocycles. The monoisotopic (exact) mass is 431 g/mol. The minimum atomic E-state index is -2.65. The van der Waals surface area contributed by atoms with Crippen molar-refractivity contribution in [2.24, 2.45) is 5.73 Å². The second kappa shape index (κ2) is 8.09. The normalized spacial score (nSPS) is 19.3. The van der Waals surface area contributed by atoms with E-state index in [1.54, 1.807) is 0 Å². The fourth-order valence-electron chi connectivity index (χ4n) is 4.71.